The fourth-order valence-corrected chi connectivity index (χ4v) is 2.93. The molecule has 26 heavy (non-hydrogen) atoms. The molecule has 2 N–H and O–H groups in total. The van der Waals surface area contributed by atoms with Crippen LogP contribution in [-0.4, -0.2) is 49.1 Å². The van der Waals surface area contributed by atoms with E-state index in [1.807, 2.05) is 0 Å². The van der Waals surface area contributed by atoms with E-state index < -0.39 is 6.03 Å². The molecule has 1 aromatic heterocycles. The van der Waals surface area contributed by atoms with Gasteiger partial charge in [-0.1, -0.05) is 29.3 Å². The van der Waals surface area contributed by atoms with E-state index in [9.17, 15) is 9.59 Å². The number of hydrogen-bond donors (Lipinski definition) is 2. The maximum absolute atomic E-state index is 12.2. The molecule has 0 aliphatic rings. The summed E-state index contributed by atoms with van der Waals surface area (Å²) in [6.45, 7) is 1.17. The van der Waals surface area contributed by atoms with Gasteiger partial charge >= 0.3 is 6.03 Å². The lowest BCUT2D eigenvalue weighted by atomic mass is 10.2. The number of rotatable bonds is 7. The number of ether oxygens (including phenoxy) is 1. The largest absolute Gasteiger partial charge is 0.383 e. The summed E-state index contributed by atoms with van der Waals surface area (Å²) in [5.41, 5.74) is 1.08. The monoisotopic (exact) mass is 416 g/mol. The Bertz CT molecular complexity index is 785. The second-order valence-corrected chi connectivity index (χ2v) is 6.99. The van der Waals surface area contributed by atoms with Crippen LogP contribution in [0, 0.1) is 0 Å². The van der Waals surface area contributed by atoms with Gasteiger partial charge in [-0.25, -0.2) is 9.78 Å². The number of methoxy groups -OCH3 is 1. The molecule has 0 aliphatic carbocycles. The number of amides is 3. The number of thiazole rings is 1. The normalized spacial score (nSPS) is 10.5. The highest BCUT2D eigenvalue weighted by atomic mass is 35.5. The van der Waals surface area contributed by atoms with Crippen LogP contribution in [-0.2, 0) is 11.3 Å². The fraction of sp³-hybridized carbons (Fsp3) is 0.312. The van der Waals surface area contributed by atoms with Gasteiger partial charge in [-0.15, -0.1) is 11.3 Å². The SMILES string of the molecule is COCCN(C)C(=O)c1csc(NC(=O)NCc2ccc(Cl)c(Cl)c2)n1. The number of anilines is 1. The van der Waals surface area contributed by atoms with Crippen LogP contribution in [0.15, 0.2) is 23.6 Å². The van der Waals surface area contributed by atoms with Crippen molar-refractivity contribution in [3.05, 3.63) is 44.9 Å². The Kier molecular flexibility index (Phi) is 7.65. The highest BCUT2D eigenvalue weighted by Crippen LogP contribution is 2.22. The van der Waals surface area contributed by atoms with Crippen LogP contribution >= 0.6 is 34.5 Å². The molecule has 2 aromatic rings. The van der Waals surface area contributed by atoms with Gasteiger partial charge in [-0.2, -0.15) is 0 Å². The van der Waals surface area contributed by atoms with Crippen molar-refractivity contribution in [2.45, 2.75) is 6.54 Å². The summed E-state index contributed by atoms with van der Waals surface area (Å²) >= 11 is 13.0. The van der Waals surface area contributed by atoms with E-state index >= 15 is 0 Å². The Morgan fingerprint density at radius 1 is 1.31 bits per heavy atom. The average Bonchev–Trinajstić information content (AvgIpc) is 3.08. The topological polar surface area (TPSA) is 83.6 Å². The van der Waals surface area contributed by atoms with Crippen LogP contribution in [0.3, 0.4) is 0 Å². The van der Waals surface area contributed by atoms with Gasteiger partial charge in [0.2, 0.25) is 0 Å². The molecule has 0 spiro atoms. The van der Waals surface area contributed by atoms with Gasteiger partial charge in [0.15, 0.2) is 5.13 Å². The van der Waals surface area contributed by atoms with Crippen LogP contribution in [0.4, 0.5) is 9.93 Å². The Hall–Kier alpha value is -1.87. The van der Waals surface area contributed by atoms with E-state index in [0.717, 1.165) is 5.56 Å². The number of nitrogens with one attached hydrogen (secondary N) is 2. The molecule has 2 rings (SSSR count). The zero-order valence-electron chi connectivity index (χ0n) is 14.2. The number of likely N-dealkylation sites (N-methyl/N-ethyl adjacent to an activating group) is 1. The zero-order chi connectivity index (χ0) is 19.1. The second-order valence-electron chi connectivity index (χ2n) is 5.31. The van der Waals surface area contributed by atoms with Crippen molar-refractivity contribution in [2.75, 3.05) is 32.6 Å². The number of halogens is 2. The predicted octanol–water partition coefficient (Wildman–Crippen LogP) is 3.49. The summed E-state index contributed by atoms with van der Waals surface area (Å²) < 4.78 is 4.94. The van der Waals surface area contributed by atoms with Gasteiger partial charge < -0.3 is 15.0 Å². The van der Waals surface area contributed by atoms with Crippen LogP contribution < -0.4 is 10.6 Å². The third-order valence-electron chi connectivity index (χ3n) is 3.36. The molecule has 10 heteroatoms. The maximum atomic E-state index is 12.2. The van der Waals surface area contributed by atoms with E-state index in [1.165, 1.54) is 16.2 Å². The number of aromatic nitrogens is 1. The average molecular weight is 417 g/mol. The molecule has 0 atom stereocenters. The highest BCUT2D eigenvalue weighted by molar-refractivity contribution is 7.14. The summed E-state index contributed by atoms with van der Waals surface area (Å²) in [4.78, 5) is 29.8. The minimum Gasteiger partial charge on any atom is -0.383 e. The summed E-state index contributed by atoms with van der Waals surface area (Å²) in [5, 5.41) is 8.09. The molecule has 7 nitrogen and oxygen atoms in total. The van der Waals surface area contributed by atoms with Crippen molar-refractivity contribution >= 4 is 51.6 Å². The van der Waals surface area contributed by atoms with Crippen molar-refractivity contribution in [1.29, 1.82) is 0 Å². The first kappa shape index (κ1) is 20.4. The number of benzene rings is 1. The first-order valence-corrected chi connectivity index (χ1v) is 9.23. The van der Waals surface area contributed by atoms with Crippen molar-refractivity contribution in [3.63, 3.8) is 0 Å². The van der Waals surface area contributed by atoms with Crippen LogP contribution in [0.5, 0.6) is 0 Å². The molecule has 140 valence electrons. The third-order valence-corrected chi connectivity index (χ3v) is 4.86. The van der Waals surface area contributed by atoms with E-state index in [1.54, 1.807) is 37.7 Å². The fourth-order valence-electron chi connectivity index (χ4n) is 1.93. The number of nitrogens with zero attached hydrogens (tertiary/aromatic N) is 2. The minimum absolute atomic E-state index is 0.234. The smallest absolute Gasteiger partial charge is 0.321 e. The van der Waals surface area contributed by atoms with Crippen LogP contribution in [0.2, 0.25) is 10.0 Å². The Labute approximate surface area is 165 Å². The highest BCUT2D eigenvalue weighted by Gasteiger charge is 2.16. The molecule has 0 radical (unpaired) electrons. The summed E-state index contributed by atoms with van der Waals surface area (Å²) in [6.07, 6.45) is 0. The molecule has 3 amide bonds. The molecule has 0 unspecified atom stereocenters. The lowest BCUT2D eigenvalue weighted by Gasteiger charge is -2.14. The van der Waals surface area contributed by atoms with Crippen LogP contribution in [0.1, 0.15) is 16.1 Å². The van der Waals surface area contributed by atoms with Crippen LogP contribution in [0.25, 0.3) is 0 Å². The number of urea groups is 1. The van der Waals surface area contributed by atoms with Gasteiger partial charge in [0, 0.05) is 32.6 Å². The Morgan fingerprint density at radius 3 is 2.77 bits per heavy atom. The first-order chi connectivity index (χ1) is 12.4. The quantitative estimate of drug-likeness (QED) is 0.723. The van der Waals surface area contributed by atoms with Gasteiger partial charge in [0.25, 0.3) is 5.91 Å². The molecule has 0 saturated carbocycles. The summed E-state index contributed by atoms with van der Waals surface area (Å²) in [5.74, 6) is -0.234. The minimum atomic E-state index is -0.433. The molecule has 1 heterocycles. The predicted molar refractivity (Wildman–Crippen MR) is 103 cm³/mol. The van der Waals surface area contributed by atoms with Crippen molar-refractivity contribution in [1.82, 2.24) is 15.2 Å². The lowest BCUT2D eigenvalue weighted by molar-refractivity contribution is 0.0739. The molecule has 0 saturated heterocycles. The van der Waals surface area contributed by atoms with Crippen molar-refractivity contribution < 1.29 is 14.3 Å². The van der Waals surface area contributed by atoms with Gasteiger partial charge in [-0.3, -0.25) is 10.1 Å². The van der Waals surface area contributed by atoms with E-state index in [-0.39, 0.29) is 18.1 Å². The number of carbonyl (C=O) groups is 2. The van der Waals surface area contributed by atoms with E-state index in [2.05, 4.69) is 15.6 Å². The van der Waals surface area contributed by atoms with Gasteiger partial charge in [-0.05, 0) is 17.7 Å². The summed E-state index contributed by atoms with van der Waals surface area (Å²) in [7, 11) is 3.23. The van der Waals surface area contributed by atoms with E-state index in [0.29, 0.717) is 28.3 Å². The zero-order valence-corrected chi connectivity index (χ0v) is 16.5. The molecule has 0 bridgehead atoms. The van der Waals surface area contributed by atoms with Gasteiger partial charge in [0.05, 0.1) is 16.7 Å². The number of carbonyl (C=O) groups excluding carboxylic acids is 2. The van der Waals surface area contributed by atoms with Gasteiger partial charge in [0.1, 0.15) is 5.69 Å². The lowest BCUT2D eigenvalue weighted by Crippen LogP contribution is -2.30. The van der Waals surface area contributed by atoms with Crippen molar-refractivity contribution in [2.24, 2.45) is 0 Å². The molecular formula is C16H18Cl2N4O3S. The standard InChI is InChI=1S/C16H18Cl2N4O3S/c1-22(5-6-25-2)14(23)13-9-26-16(20-13)21-15(24)19-8-10-3-4-11(17)12(18)7-10/h3-4,7,9H,5-6,8H2,1-2H3,(H2,19,20,21,24). The third kappa shape index (κ3) is 5.84. The number of hydrogen-bond acceptors (Lipinski definition) is 5. The summed E-state index contributed by atoms with van der Waals surface area (Å²) in [6, 6.07) is 4.68. The first-order valence-electron chi connectivity index (χ1n) is 7.59. The maximum Gasteiger partial charge on any atom is 0.321 e. The molecule has 1 aromatic carbocycles. The molecule has 0 fully saturated rings. The Balaban J connectivity index is 1.86. The van der Waals surface area contributed by atoms with Crippen molar-refractivity contribution in [3.8, 4) is 0 Å². The second kappa shape index (κ2) is 9.72. The van der Waals surface area contributed by atoms with E-state index in [4.69, 9.17) is 27.9 Å². The molecular weight excluding hydrogens is 399 g/mol. The molecule has 0 aliphatic heterocycles. The Morgan fingerprint density at radius 2 is 2.08 bits per heavy atom.